The maximum atomic E-state index is 12.3. The summed E-state index contributed by atoms with van der Waals surface area (Å²) in [4.78, 5) is 0.231. The molecule has 7 heteroatoms. The SMILES string of the molecule is CCCNCc1cc(S(=O)(=O)NCC2CCOC2)c(C)o1. The van der Waals surface area contributed by atoms with Gasteiger partial charge in [-0.3, -0.25) is 0 Å². The molecule has 1 atom stereocenters. The van der Waals surface area contributed by atoms with Gasteiger partial charge in [-0.25, -0.2) is 13.1 Å². The molecule has 1 aliphatic heterocycles. The van der Waals surface area contributed by atoms with Crippen molar-refractivity contribution < 1.29 is 17.6 Å². The Morgan fingerprint density at radius 2 is 2.24 bits per heavy atom. The smallest absolute Gasteiger partial charge is 0.244 e. The van der Waals surface area contributed by atoms with Gasteiger partial charge < -0.3 is 14.5 Å². The van der Waals surface area contributed by atoms with Crippen molar-refractivity contribution in [3.63, 3.8) is 0 Å². The molecule has 0 saturated carbocycles. The van der Waals surface area contributed by atoms with Crippen molar-refractivity contribution in [2.24, 2.45) is 5.92 Å². The lowest BCUT2D eigenvalue weighted by Crippen LogP contribution is -2.29. The number of aryl methyl sites for hydroxylation is 1. The van der Waals surface area contributed by atoms with E-state index in [1.165, 1.54) is 0 Å². The summed E-state index contributed by atoms with van der Waals surface area (Å²) in [5, 5.41) is 3.19. The minimum atomic E-state index is -3.52. The minimum absolute atomic E-state index is 0.231. The highest BCUT2D eigenvalue weighted by molar-refractivity contribution is 7.89. The quantitative estimate of drug-likeness (QED) is 0.709. The van der Waals surface area contributed by atoms with E-state index in [0.717, 1.165) is 19.4 Å². The highest BCUT2D eigenvalue weighted by Gasteiger charge is 2.24. The van der Waals surface area contributed by atoms with Gasteiger partial charge in [0.25, 0.3) is 0 Å². The molecule has 1 aromatic rings. The van der Waals surface area contributed by atoms with E-state index >= 15 is 0 Å². The normalized spacial score (nSPS) is 19.2. The van der Waals surface area contributed by atoms with Crippen LogP contribution >= 0.6 is 0 Å². The monoisotopic (exact) mass is 316 g/mol. The van der Waals surface area contributed by atoms with E-state index in [-0.39, 0.29) is 10.8 Å². The van der Waals surface area contributed by atoms with Gasteiger partial charge in [-0.2, -0.15) is 0 Å². The fourth-order valence-corrected chi connectivity index (χ4v) is 3.63. The molecule has 2 heterocycles. The van der Waals surface area contributed by atoms with Crippen LogP contribution in [0.4, 0.5) is 0 Å². The zero-order valence-electron chi connectivity index (χ0n) is 12.6. The minimum Gasteiger partial charge on any atom is -0.464 e. The molecule has 6 nitrogen and oxygen atoms in total. The van der Waals surface area contributed by atoms with Gasteiger partial charge in [0, 0.05) is 19.2 Å². The first-order valence-corrected chi connectivity index (χ1v) is 8.88. The molecule has 0 bridgehead atoms. The Morgan fingerprint density at radius 1 is 1.43 bits per heavy atom. The first-order chi connectivity index (χ1) is 10.0. The Bertz CT molecular complexity index is 547. The Kier molecular flexibility index (Phi) is 5.80. The van der Waals surface area contributed by atoms with Crippen LogP contribution in [-0.2, 0) is 21.3 Å². The van der Waals surface area contributed by atoms with Crippen molar-refractivity contribution in [3.8, 4) is 0 Å². The number of ether oxygens (including phenoxy) is 1. The standard InChI is InChI=1S/C14H24N2O4S/c1-3-5-15-9-13-7-14(11(2)20-13)21(17,18)16-8-12-4-6-19-10-12/h7,12,15-16H,3-6,8-10H2,1-2H3. The summed E-state index contributed by atoms with van der Waals surface area (Å²) in [7, 11) is -3.52. The Hall–Kier alpha value is -0.890. The second kappa shape index (κ2) is 7.40. The number of hydrogen-bond acceptors (Lipinski definition) is 5. The summed E-state index contributed by atoms with van der Waals surface area (Å²) in [6, 6.07) is 1.60. The van der Waals surface area contributed by atoms with Gasteiger partial charge in [0.1, 0.15) is 16.4 Å². The molecule has 0 aromatic carbocycles. The number of furan rings is 1. The number of hydrogen-bond donors (Lipinski definition) is 2. The fourth-order valence-electron chi connectivity index (χ4n) is 2.32. The Labute approximate surface area is 126 Å². The van der Waals surface area contributed by atoms with Crippen molar-refractivity contribution in [2.75, 3.05) is 26.3 Å². The molecule has 0 aliphatic carbocycles. The van der Waals surface area contributed by atoms with Gasteiger partial charge in [0.2, 0.25) is 10.0 Å². The summed E-state index contributed by atoms with van der Waals surface area (Å²) in [5.41, 5.74) is 0. The van der Waals surface area contributed by atoms with Gasteiger partial charge >= 0.3 is 0 Å². The molecular weight excluding hydrogens is 292 g/mol. The van der Waals surface area contributed by atoms with Crippen LogP contribution in [0.5, 0.6) is 0 Å². The number of rotatable bonds is 8. The second-order valence-electron chi connectivity index (χ2n) is 5.39. The van der Waals surface area contributed by atoms with Crippen molar-refractivity contribution in [3.05, 3.63) is 17.6 Å². The first-order valence-electron chi connectivity index (χ1n) is 7.40. The van der Waals surface area contributed by atoms with E-state index in [9.17, 15) is 8.42 Å². The fraction of sp³-hybridized carbons (Fsp3) is 0.714. The van der Waals surface area contributed by atoms with E-state index in [4.69, 9.17) is 9.15 Å². The van der Waals surface area contributed by atoms with Gasteiger partial charge in [-0.1, -0.05) is 6.92 Å². The summed E-state index contributed by atoms with van der Waals surface area (Å²) < 4.78 is 38.1. The average molecular weight is 316 g/mol. The molecular formula is C14H24N2O4S. The topological polar surface area (TPSA) is 80.6 Å². The van der Waals surface area contributed by atoms with Crippen LogP contribution in [0.1, 0.15) is 31.3 Å². The molecule has 2 rings (SSSR count). The summed E-state index contributed by atoms with van der Waals surface area (Å²) in [5.74, 6) is 1.33. The van der Waals surface area contributed by atoms with Gasteiger partial charge in [0.15, 0.2) is 0 Å². The summed E-state index contributed by atoms with van der Waals surface area (Å²) in [6.07, 6.45) is 1.93. The molecule has 1 fully saturated rings. The molecule has 0 spiro atoms. The molecule has 21 heavy (non-hydrogen) atoms. The average Bonchev–Trinajstić information content (AvgIpc) is 3.07. The van der Waals surface area contributed by atoms with E-state index < -0.39 is 10.0 Å². The molecule has 120 valence electrons. The second-order valence-corrected chi connectivity index (χ2v) is 7.13. The predicted octanol–water partition coefficient (Wildman–Crippen LogP) is 1.40. The highest BCUT2D eigenvalue weighted by atomic mass is 32.2. The molecule has 1 unspecified atom stereocenters. The first kappa shape index (κ1) is 16.5. The van der Waals surface area contributed by atoms with Crippen LogP contribution in [0.3, 0.4) is 0 Å². The molecule has 2 N–H and O–H groups in total. The number of nitrogens with one attached hydrogen (secondary N) is 2. The summed E-state index contributed by atoms with van der Waals surface area (Å²) >= 11 is 0. The van der Waals surface area contributed by atoms with Crippen molar-refractivity contribution in [2.45, 2.75) is 38.1 Å². The zero-order chi connectivity index (χ0) is 15.3. The van der Waals surface area contributed by atoms with Crippen LogP contribution in [-0.4, -0.2) is 34.7 Å². The van der Waals surface area contributed by atoms with Crippen molar-refractivity contribution >= 4 is 10.0 Å². The molecule has 1 aromatic heterocycles. The molecule has 0 radical (unpaired) electrons. The van der Waals surface area contributed by atoms with Gasteiger partial charge in [-0.05, 0) is 32.2 Å². The third kappa shape index (κ3) is 4.54. The van der Waals surface area contributed by atoms with E-state index in [2.05, 4.69) is 17.0 Å². The third-order valence-corrected chi connectivity index (χ3v) is 5.06. The maximum Gasteiger partial charge on any atom is 0.244 e. The van der Waals surface area contributed by atoms with Crippen LogP contribution < -0.4 is 10.0 Å². The molecule has 1 saturated heterocycles. The largest absolute Gasteiger partial charge is 0.464 e. The van der Waals surface area contributed by atoms with Gasteiger partial charge in [0.05, 0.1) is 13.2 Å². The van der Waals surface area contributed by atoms with E-state index in [1.54, 1.807) is 13.0 Å². The Morgan fingerprint density at radius 3 is 2.90 bits per heavy atom. The number of sulfonamides is 1. The van der Waals surface area contributed by atoms with E-state index in [0.29, 0.717) is 37.8 Å². The van der Waals surface area contributed by atoms with Crippen LogP contribution in [0.15, 0.2) is 15.4 Å². The lowest BCUT2D eigenvalue weighted by atomic mass is 10.1. The van der Waals surface area contributed by atoms with Crippen LogP contribution in [0.25, 0.3) is 0 Å². The lowest BCUT2D eigenvalue weighted by molar-refractivity contribution is 0.186. The van der Waals surface area contributed by atoms with E-state index in [1.807, 2.05) is 0 Å². The van der Waals surface area contributed by atoms with Crippen molar-refractivity contribution in [1.82, 2.24) is 10.0 Å². The van der Waals surface area contributed by atoms with Crippen LogP contribution in [0.2, 0.25) is 0 Å². The lowest BCUT2D eigenvalue weighted by Gasteiger charge is -2.09. The maximum absolute atomic E-state index is 12.3. The Balaban J connectivity index is 1.97. The molecule has 0 amide bonds. The predicted molar refractivity (Wildman–Crippen MR) is 79.6 cm³/mol. The third-order valence-electron chi connectivity index (χ3n) is 3.52. The summed E-state index contributed by atoms with van der Waals surface area (Å²) in [6.45, 7) is 6.92. The van der Waals surface area contributed by atoms with Crippen LogP contribution in [0, 0.1) is 12.8 Å². The van der Waals surface area contributed by atoms with Crippen molar-refractivity contribution in [1.29, 1.82) is 0 Å². The zero-order valence-corrected chi connectivity index (χ0v) is 13.5. The van der Waals surface area contributed by atoms with Gasteiger partial charge in [-0.15, -0.1) is 0 Å². The molecule has 1 aliphatic rings. The highest BCUT2D eigenvalue weighted by Crippen LogP contribution is 2.20.